The highest BCUT2D eigenvalue weighted by atomic mass is 79.9. The summed E-state index contributed by atoms with van der Waals surface area (Å²) < 4.78 is 5.48. The Balaban J connectivity index is 1.91. The Bertz CT molecular complexity index is 338. The van der Waals surface area contributed by atoms with Crippen LogP contribution in [0.15, 0.2) is 12.4 Å². The second-order valence-electron chi connectivity index (χ2n) is 4.49. The quantitative estimate of drug-likeness (QED) is 0.799. The van der Waals surface area contributed by atoms with E-state index in [9.17, 15) is 0 Å². The van der Waals surface area contributed by atoms with Crippen LogP contribution in [0.5, 0.6) is 0 Å². The second-order valence-corrected chi connectivity index (χ2v) is 5.05. The van der Waals surface area contributed by atoms with E-state index >= 15 is 0 Å². The minimum Gasteiger partial charge on any atom is -0.381 e. The van der Waals surface area contributed by atoms with Gasteiger partial charge in [-0.1, -0.05) is 15.9 Å². The summed E-state index contributed by atoms with van der Waals surface area (Å²) in [5.74, 6) is 1.40. The van der Waals surface area contributed by atoms with E-state index in [1.54, 1.807) is 0 Å². The first-order valence-corrected chi connectivity index (χ1v) is 7.07. The fourth-order valence-electron chi connectivity index (χ4n) is 2.03. The zero-order valence-electron chi connectivity index (χ0n) is 10.1. The van der Waals surface area contributed by atoms with Gasteiger partial charge < -0.3 is 9.64 Å². The molecule has 1 aromatic heterocycles. The van der Waals surface area contributed by atoms with Crippen LogP contribution in [0.2, 0.25) is 0 Å². The number of ether oxygens (including phenoxy) is 1. The fourth-order valence-corrected chi connectivity index (χ4v) is 2.32. The maximum absolute atomic E-state index is 5.48. The predicted octanol–water partition coefficient (Wildman–Crippen LogP) is 2.23. The van der Waals surface area contributed by atoms with Crippen molar-refractivity contribution in [1.29, 1.82) is 0 Å². The number of anilines is 1. The molecule has 4 nitrogen and oxygen atoms in total. The van der Waals surface area contributed by atoms with E-state index in [-0.39, 0.29) is 0 Å². The number of hydrogen-bond acceptors (Lipinski definition) is 4. The van der Waals surface area contributed by atoms with Crippen LogP contribution < -0.4 is 4.90 Å². The van der Waals surface area contributed by atoms with Gasteiger partial charge in [-0.25, -0.2) is 9.97 Å². The lowest BCUT2D eigenvalue weighted by atomic mass is 10.0. The van der Waals surface area contributed by atoms with Crippen molar-refractivity contribution in [3.05, 3.63) is 18.0 Å². The molecule has 1 aliphatic rings. The summed E-state index contributed by atoms with van der Waals surface area (Å²) in [5.41, 5.74) is 1.10. The van der Waals surface area contributed by atoms with Gasteiger partial charge in [-0.2, -0.15) is 0 Å². The SMILES string of the molecule is CN(CC1CCCOC1)c1ncc(CBr)cn1. The lowest BCUT2D eigenvalue weighted by Gasteiger charge is -2.27. The Kier molecular flexibility index (Phi) is 4.74. The van der Waals surface area contributed by atoms with Gasteiger partial charge in [0.25, 0.3) is 0 Å². The largest absolute Gasteiger partial charge is 0.381 e. The van der Waals surface area contributed by atoms with Crippen LogP contribution in [0.3, 0.4) is 0 Å². The molecule has 0 aliphatic carbocycles. The van der Waals surface area contributed by atoms with Gasteiger partial charge in [0.2, 0.25) is 5.95 Å². The van der Waals surface area contributed by atoms with Gasteiger partial charge in [0.15, 0.2) is 0 Å². The molecule has 0 amide bonds. The average molecular weight is 300 g/mol. The lowest BCUT2D eigenvalue weighted by Crippen LogP contribution is -2.31. The molecule has 1 saturated heterocycles. The summed E-state index contributed by atoms with van der Waals surface area (Å²) in [7, 11) is 2.04. The predicted molar refractivity (Wildman–Crippen MR) is 71.5 cm³/mol. The Morgan fingerprint density at radius 3 is 2.82 bits per heavy atom. The van der Waals surface area contributed by atoms with Crippen molar-refractivity contribution in [3.63, 3.8) is 0 Å². The zero-order valence-corrected chi connectivity index (χ0v) is 11.7. The molecule has 1 atom stereocenters. The molecule has 1 aliphatic heterocycles. The van der Waals surface area contributed by atoms with Crippen molar-refractivity contribution in [2.24, 2.45) is 5.92 Å². The first-order valence-electron chi connectivity index (χ1n) is 5.95. The third-order valence-electron chi connectivity index (χ3n) is 2.97. The highest BCUT2D eigenvalue weighted by molar-refractivity contribution is 9.08. The minimum atomic E-state index is 0.605. The average Bonchev–Trinajstić information content (AvgIpc) is 2.40. The lowest BCUT2D eigenvalue weighted by molar-refractivity contribution is 0.0575. The van der Waals surface area contributed by atoms with E-state index in [2.05, 4.69) is 30.8 Å². The van der Waals surface area contributed by atoms with E-state index in [0.29, 0.717) is 5.92 Å². The van der Waals surface area contributed by atoms with Crippen LogP contribution in [-0.4, -0.2) is 36.8 Å². The van der Waals surface area contributed by atoms with Crippen LogP contribution in [0.1, 0.15) is 18.4 Å². The van der Waals surface area contributed by atoms with Crippen LogP contribution in [0.4, 0.5) is 5.95 Å². The third-order valence-corrected chi connectivity index (χ3v) is 3.62. The number of nitrogens with zero attached hydrogens (tertiary/aromatic N) is 3. The first kappa shape index (κ1) is 12.8. The van der Waals surface area contributed by atoms with Crippen LogP contribution in [-0.2, 0) is 10.1 Å². The maximum atomic E-state index is 5.48. The smallest absolute Gasteiger partial charge is 0.225 e. The summed E-state index contributed by atoms with van der Waals surface area (Å²) in [5, 5.41) is 0.799. The topological polar surface area (TPSA) is 38.2 Å². The van der Waals surface area contributed by atoms with Gasteiger partial charge in [0.1, 0.15) is 0 Å². The molecule has 2 heterocycles. The number of aromatic nitrogens is 2. The standard InChI is InChI=1S/C12H18BrN3O/c1-16(8-10-3-2-4-17-9-10)12-14-6-11(5-13)7-15-12/h6-7,10H,2-5,8-9H2,1H3. The molecule has 5 heteroatoms. The normalized spacial score (nSPS) is 20.2. The van der Waals surface area contributed by atoms with Crippen LogP contribution >= 0.6 is 15.9 Å². The first-order chi connectivity index (χ1) is 8.29. The van der Waals surface area contributed by atoms with E-state index in [1.165, 1.54) is 12.8 Å². The monoisotopic (exact) mass is 299 g/mol. The summed E-state index contributed by atoms with van der Waals surface area (Å²) >= 11 is 3.39. The minimum absolute atomic E-state index is 0.605. The Hall–Kier alpha value is -0.680. The van der Waals surface area contributed by atoms with Crippen molar-refractivity contribution in [2.75, 3.05) is 31.7 Å². The van der Waals surface area contributed by atoms with Crippen LogP contribution in [0, 0.1) is 5.92 Å². The van der Waals surface area contributed by atoms with Crippen LogP contribution in [0.25, 0.3) is 0 Å². The van der Waals surface area contributed by atoms with E-state index in [1.807, 2.05) is 19.4 Å². The third kappa shape index (κ3) is 3.64. The molecule has 0 radical (unpaired) electrons. The highest BCUT2D eigenvalue weighted by Gasteiger charge is 2.17. The Morgan fingerprint density at radius 1 is 1.47 bits per heavy atom. The van der Waals surface area contributed by atoms with Crippen molar-refractivity contribution >= 4 is 21.9 Å². The molecule has 1 unspecified atom stereocenters. The van der Waals surface area contributed by atoms with Crippen molar-refractivity contribution < 1.29 is 4.74 Å². The summed E-state index contributed by atoms with van der Waals surface area (Å²) in [6.07, 6.45) is 6.14. The van der Waals surface area contributed by atoms with Gasteiger partial charge in [0, 0.05) is 37.9 Å². The molecule has 1 fully saturated rings. The van der Waals surface area contributed by atoms with E-state index < -0.39 is 0 Å². The molecular weight excluding hydrogens is 282 g/mol. The van der Waals surface area contributed by atoms with Gasteiger partial charge in [-0.15, -0.1) is 0 Å². The van der Waals surface area contributed by atoms with Crippen molar-refractivity contribution in [2.45, 2.75) is 18.2 Å². The molecule has 17 heavy (non-hydrogen) atoms. The summed E-state index contributed by atoms with van der Waals surface area (Å²) in [6.45, 7) is 2.74. The summed E-state index contributed by atoms with van der Waals surface area (Å²) in [4.78, 5) is 10.8. The van der Waals surface area contributed by atoms with E-state index in [0.717, 1.165) is 36.6 Å². The Labute approximate surface area is 111 Å². The molecular formula is C12H18BrN3O. The maximum Gasteiger partial charge on any atom is 0.225 e. The second kappa shape index (κ2) is 6.31. The van der Waals surface area contributed by atoms with Gasteiger partial charge in [-0.3, -0.25) is 0 Å². The zero-order chi connectivity index (χ0) is 12.1. The number of rotatable bonds is 4. The molecule has 0 N–H and O–H groups in total. The van der Waals surface area contributed by atoms with E-state index in [4.69, 9.17) is 4.74 Å². The number of hydrogen-bond donors (Lipinski definition) is 0. The molecule has 2 rings (SSSR count). The molecule has 0 bridgehead atoms. The molecule has 94 valence electrons. The van der Waals surface area contributed by atoms with Crippen molar-refractivity contribution in [3.8, 4) is 0 Å². The number of halogens is 1. The molecule has 0 spiro atoms. The fraction of sp³-hybridized carbons (Fsp3) is 0.667. The molecule has 0 aromatic carbocycles. The summed E-state index contributed by atoms with van der Waals surface area (Å²) in [6, 6.07) is 0. The number of alkyl halides is 1. The molecule has 1 aromatic rings. The van der Waals surface area contributed by atoms with Gasteiger partial charge >= 0.3 is 0 Å². The van der Waals surface area contributed by atoms with Gasteiger partial charge in [0.05, 0.1) is 6.61 Å². The highest BCUT2D eigenvalue weighted by Crippen LogP contribution is 2.16. The van der Waals surface area contributed by atoms with Gasteiger partial charge in [-0.05, 0) is 24.3 Å². The molecule has 0 saturated carbocycles. The Morgan fingerprint density at radius 2 is 2.24 bits per heavy atom. The van der Waals surface area contributed by atoms with Crippen molar-refractivity contribution in [1.82, 2.24) is 9.97 Å².